The fourth-order valence-electron chi connectivity index (χ4n) is 0.770. The number of carboxylic acids is 2. The molecule has 1 heterocycles. The Morgan fingerprint density at radius 3 is 2.11 bits per heavy atom. The second kappa shape index (κ2) is 7.79. The van der Waals surface area contributed by atoms with Crippen LogP contribution in [0.5, 0.6) is 0 Å². The van der Waals surface area contributed by atoms with Gasteiger partial charge in [0.2, 0.25) is 0 Å². The van der Waals surface area contributed by atoms with E-state index in [1.807, 2.05) is 0 Å². The summed E-state index contributed by atoms with van der Waals surface area (Å²) in [6.07, 6.45) is 0.906. The van der Waals surface area contributed by atoms with Crippen molar-refractivity contribution in [2.45, 2.75) is 12.5 Å². The lowest BCUT2D eigenvalue weighted by molar-refractivity contribution is -0.152. The highest BCUT2D eigenvalue weighted by molar-refractivity contribution is 5.79. The highest BCUT2D eigenvalue weighted by Crippen LogP contribution is 1.93. The molecule has 18 heavy (non-hydrogen) atoms. The van der Waals surface area contributed by atoms with Gasteiger partial charge in [-0.2, -0.15) is 0 Å². The molecule has 0 radical (unpaired) electrons. The third-order valence-corrected chi connectivity index (χ3v) is 1.62. The molecule has 0 bridgehead atoms. The molecule has 0 aliphatic carbocycles. The maximum absolute atomic E-state index is 10.2. The van der Waals surface area contributed by atoms with Crippen LogP contribution >= 0.6 is 0 Å². The van der Waals surface area contributed by atoms with E-state index in [1.165, 1.54) is 18.6 Å². The lowest BCUT2D eigenvalue weighted by Crippen LogP contribution is -2.26. The quantitative estimate of drug-likeness (QED) is 0.530. The van der Waals surface area contributed by atoms with Gasteiger partial charge >= 0.3 is 18.0 Å². The predicted octanol–water partition coefficient (Wildman–Crippen LogP) is -0.571. The van der Waals surface area contributed by atoms with Gasteiger partial charge in [-0.25, -0.2) is 9.59 Å². The lowest BCUT2D eigenvalue weighted by Gasteiger charge is -2.11. The van der Waals surface area contributed by atoms with Crippen molar-refractivity contribution in [3.8, 4) is 0 Å². The normalized spacial score (nSPS) is 14.4. The summed E-state index contributed by atoms with van der Waals surface area (Å²) in [5.74, 6) is -2.85. The third kappa shape index (κ3) is 6.95. The van der Waals surface area contributed by atoms with Crippen LogP contribution in [0, 0.1) is 0 Å². The molecule has 0 spiro atoms. The van der Waals surface area contributed by atoms with E-state index in [0.29, 0.717) is 6.54 Å². The van der Waals surface area contributed by atoms with Gasteiger partial charge in [-0.1, -0.05) is 0 Å². The molecular formula is C9H12N2O7. The van der Waals surface area contributed by atoms with Crippen LogP contribution in [0.15, 0.2) is 17.4 Å². The maximum atomic E-state index is 10.2. The highest BCUT2D eigenvalue weighted by atomic mass is 16.4. The molecule has 9 nitrogen and oxygen atoms in total. The minimum absolute atomic E-state index is 0.353. The summed E-state index contributed by atoms with van der Waals surface area (Å²) in [6, 6.07) is 0. The molecule has 0 aromatic carbocycles. The van der Waals surface area contributed by atoms with Gasteiger partial charge in [0.05, 0.1) is 13.0 Å². The van der Waals surface area contributed by atoms with Crippen molar-refractivity contribution in [1.29, 1.82) is 0 Å². The SMILES string of the molecule is O=C(O)CC(O)C(=O)O.O=C(O)N1C=CN=CC1. The number of carbonyl (C=O) groups is 3. The van der Waals surface area contributed by atoms with Gasteiger partial charge in [-0.3, -0.25) is 14.7 Å². The minimum Gasteiger partial charge on any atom is -0.481 e. The zero-order chi connectivity index (χ0) is 14.1. The number of hydrogen-bond acceptors (Lipinski definition) is 5. The van der Waals surface area contributed by atoms with Crippen molar-refractivity contribution in [3.63, 3.8) is 0 Å². The molecule has 0 fully saturated rings. The number of nitrogens with zero attached hydrogens (tertiary/aromatic N) is 2. The summed E-state index contributed by atoms with van der Waals surface area (Å²) in [4.78, 5) is 34.4. The first-order chi connectivity index (χ1) is 8.34. The van der Waals surface area contributed by atoms with E-state index in [1.54, 1.807) is 0 Å². The Balaban J connectivity index is 0.000000321. The number of carboxylic acid groups (broad SMARTS) is 3. The average molecular weight is 260 g/mol. The van der Waals surface area contributed by atoms with E-state index in [2.05, 4.69) is 4.99 Å². The monoisotopic (exact) mass is 260 g/mol. The van der Waals surface area contributed by atoms with E-state index >= 15 is 0 Å². The van der Waals surface area contributed by atoms with Gasteiger partial charge in [0, 0.05) is 18.6 Å². The molecule has 1 aliphatic heterocycles. The fraction of sp³-hybridized carbons (Fsp3) is 0.333. The fourth-order valence-corrected chi connectivity index (χ4v) is 0.770. The number of aliphatic carboxylic acids is 2. The first-order valence-corrected chi connectivity index (χ1v) is 4.65. The number of amides is 1. The number of hydrogen-bond donors (Lipinski definition) is 4. The summed E-state index contributed by atoms with van der Waals surface area (Å²) in [7, 11) is 0. The van der Waals surface area contributed by atoms with Gasteiger partial charge in [-0.05, 0) is 0 Å². The first-order valence-electron chi connectivity index (χ1n) is 4.65. The molecule has 4 N–H and O–H groups in total. The second-order valence-corrected chi connectivity index (χ2v) is 3.02. The lowest BCUT2D eigenvalue weighted by atomic mass is 10.3. The van der Waals surface area contributed by atoms with Crippen LogP contribution in [0.4, 0.5) is 4.79 Å². The Kier molecular flexibility index (Phi) is 6.74. The van der Waals surface area contributed by atoms with Gasteiger partial charge in [0.15, 0.2) is 6.10 Å². The number of rotatable bonds is 3. The maximum Gasteiger partial charge on any atom is 0.411 e. The van der Waals surface area contributed by atoms with Crippen LogP contribution in [-0.2, 0) is 9.59 Å². The standard InChI is InChI=1S/C5H6N2O2.C4H6O5/c8-5(9)7-3-1-6-2-4-7;5-2(4(8)9)1-3(6)7/h1-3H,4H2,(H,8,9);2,5H,1H2,(H,6,7)(H,8,9). The second-order valence-electron chi connectivity index (χ2n) is 3.02. The Bertz CT molecular complexity index is 377. The number of aliphatic hydroxyl groups is 1. The molecule has 0 saturated heterocycles. The van der Waals surface area contributed by atoms with Gasteiger partial charge in [0.1, 0.15) is 0 Å². The van der Waals surface area contributed by atoms with Gasteiger partial charge in [0.25, 0.3) is 0 Å². The van der Waals surface area contributed by atoms with Crippen molar-refractivity contribution in [1.82, 2.24) is 4.90 Å². The number of aliphatic hydroxyl groups excluding tert-OH is 1. The molecule has 0 aromatic rings. The number of aliphatic imine (C=N–C) groups is 1. The Morgan fingerprint density at radius 2 is 1.89 bits per heavy atom. The molecule has 100 valence electrons. The van der Waals surface area contributed by atoms with Gasteiger partial charge < -0.3 is 20.4 Å². The topological polar surface area (TPSA) is 148 Å². The van der Waals surface area contributed by atoms with Crippen molar-refractivity contribution in [2.24, 2.45) is 4.99 Å². The van der Waals surface area contributed by atoms with E-state index < -0.39 is 30.6 Å². The average Bonchev–Trinajstić information content (AvgIpc) is 2.30. The van der Waals surface area contributed by atoms with Crippen molar-refractivity contribution in [3.05, 3.63) is 12.4 Å². The van der Waals surface area contributed by atoms with E-state index in [0.717, 1.165) is 4.90 Å². The Hall–Kier alpha value is -2.42. The van der Waals surface area contributed by atoms with Crippen molar-refractivity contribution < 1.29 is 34.8 Å². The molecule has 0 aromatic heterocycles. The van der Waals surface area contributed by atoms with Crippen molar-refractivity contribution >= 4 is 24.2 Å². The molecule has 1 atom stereocenters. The Morgan fingerprint density at radius 1 is 1.28 bits per heavy atom. The van der Waals surface area contributed by atoms with Crippen LogP contribution < -0.4 is 0 Å². The van der Waals surface area contributed by atoms with Crippen LogP contribution in [0.2, 0.25) is 0 Å². The van der Waals surface area contributed by atoms with Crippen molar-refractivity contribution in [2.75, 3.05) is 6.54 Å². The minimum atomic E-state index is -1.79. The zero-order valence-electron chi connectivity index (χ0n) is 9.13. The summed E-state index contributed by atoms with van der Waals surface area (Å²) in [5.41, 5.74) is 0. The molecule has 1 amide bonds. The van der Waals surface area contributed by atoms with Crippen LogP contribution in [-0.4, -0.2) is 62.2 Å². The van der Waals surface area contributed by atoms with Crippen LogP contribution in [0.3, 0.4) is 0 Å². The van der Waals surface area contributed by atoms with E-state index in [9.17, 15) is 14.4 Å². The predicted molar refractivity (Wildman–Crippen MR) is 58.3 cm³/mol. The molecule has 1 rings (SSSR count). The Labute approximate surface area is 101 Å². The van der Waals surface area contributed by atoms with Crippen LogP contribution in [0.1, 0.15) is 6.42 Å². The molecule has 1 aliphatic rings. The highest BCUT2D eigenvalue weighted by Gasteiger charge is 2.16. The summed E-state index contributed by atoms with van der Waals surface area (Å²) < 4.78 is 0. The molecular weight excluding hydrogens is 248 g/mol. The van der Waals surface area contributed by atoms with E-state index in [4.69, 9.17) is 20.4 Å². The molecule has 1 unspecified atom stereocenters. The summed E-state index contributed by atoms with van der Waals surface area (Å²) in [6.45, 7) is 0.353. The van der Waals surface area contributed by atoms with Gasteiger partial charge in [-0.15, -0.1) is 0 Å². The first kappa shape index (κ1) is 15.6. The summed E-state index contributed by atoms with van der Waals surface area (Å²) in [5, 5.41) is 32.5. The largest absolute Gasteiger partial charge is 0.481 e. The zero-order valence-corrected chi connectivity index (χ0v) is 9.13. The smallest absolute Gasteiger partial charge is 0.411 e. The molecule has 0 saturated carbocycles. The molecule has 9 heteroatoms. The van der Waals surface area contributed by atoms with Crippen LogP contribution in [0.25, 0.3) is 0 Å². The van der Waals surface area contributed by atoms with E-state index in [-0.39, 0.29) is 0 Å². The third-order valence-electron chi connectivity index (χ3n) is 1.62. The summed E-state index contributed by atoms with van der Waals surface area (Å²) >= 11 is 0.